The van der Waals surface area contributed by atoms with Crippen LogP contribution in [0.1, 0.15) is 36.0 Å². The number of nitrogens with two attached hydrogens (primary N) is 1. The molecule has 104 valence electrons. The van der Waals surface area contributed by atoms with E-state index in [2.05, 4.69) is 16.6 Å². The van der Waals surface area contributed by atoms with Crippen molar-refractivity contribution in [3.63, 3.8) is 0 Å². The van der Waals surface area contributed by atoms with Crippen molar-refractivity contribution in [1.29, 1.82) is 0 Å². The molecule has 6 heteroatoms. The molecule has 1 aliphatic carbocycles. The van der Waals surface area contributed by atoms with Crippen LogP contribution in [0.25, 0.3) is 0 Å². The molecule has 0 unspecified atom stereocenters. The minimum atomic E-state index is -0.158. The zero-order valence-corrected chi connectivity index (χ0v) is 12.4. The maximum Gasteiger partial charge on any atom is 0.253 e. The molecule has 0 spiro atoms. The molecule has 0 radical (unpaired) electrons. The number of anilines is 1. The fourth-order valence-electron chi connectivity index (χ4n) is 2.34. The quantitative estimate of drug-likeness (QED) is 0.842. The Kier molecular flexibility index (Phi) is 4.93. The number of thioether (sulfide) groups is 1. The van der Waals surface area contributed by atoms with Gasteiger partial charge in [-0.2, -0.15) is 11.8 Å². The predicted octanol–water partition coefficient (Wildman–Crippen LogP) is 2.72. The Morgan fingerprint density at radius 3 is 2.79 bits per heavy atom. The molecule has 1 aromatic heterocycles. The third-order valence-corrected chi connectivity index (χ3v) is 4.83. The Labute approximate surface area is 122 Å². The first-order valence-electron chi connectivity index (χ1n) is 6.35. The lowest BCUT2D eigenvalue weighted by atomic mass is 9.94. The molecular weight excluding hydrogens is 282 g/mol. The van der Waals surface area contributed by atoms with Crippen LogP contribution in [0.5, 0.6) is 0 Å². The molecule has 1 amide bonds. The minimum absolute atomic E-state index is 0.158. The normalized spacial score (nSPS) is 23.1. The van der Waals surface area contributed by atoms with Gasteiger partial charge in [-0.15, -0.1) is 0 Å². The van der Waals surface area contributed by atoms with Gasteiger partial charge in [0.1, 0.15) is 5.15 Å². The molecule has 0 bridgehead atoms. The van der Waals surface area contributed by atoms with E-state index in [1.165, 1.54) is 12.3 Å². The Bertz CT molecular complexity index is 461. The van der Waals surface area contributed by atoms with Crippen molar-refractivity contribution in [3.8, 4) is 0 Å². The highest BCUT2D eigenvalue weighted by Gasteiger charge is 2.22. The molecule has 0 aromatic carbocycles. The minimum Gasteiger partial charge on any atom is -0.397 e. The van der Waals surface area contributed by atoms with Gasteiger partial charge in [-0.25, -0.2) is 4.98 Å². The largest absolute Gasteiger partial charge is 0.397 e. The number of nitrogen functional groups attached to an aromatic ring is 1. The lowest BCUT2D eigenvalue weighted by molar-refractivity contribution is 0.0929. The molecule has 1 saturated carbocycles. The van der Waals surface area contributed by atoms with Crippen molar-refractivity contribution in [2.45, 2.75) is 37.0 Å². The van der Waals surface area contributed by atoms with Crippen LogP contribution in [0, 0.1) is 0 Å². The summed E-state index contributed by atoms with van der Waals surface area (Å²) in [6.45, 7) is 0. The van der Waals surface area contributed by atoms with Crippen LogP contribution >= 0.6 is 23.4 Å². The Morgan fingerprint density at radius 1 is 1.47 bits per heavy atom. The number of hydrogen-bond donors (Lipinski definition) is 2. The number of nitrogens with zero attached hydrogens (tertiary/aromatic N) is 1. The molecule has 2 rings (SSSR count). The topological polar surface area (TPSA) is 68.0 Å². The highest BCUT2D eigenvalue weighted by Crippen LogP contribution is 2.27. The second-order valence-corrected chi connectivity index (χ2v) is 6.30. The van der Waals surface area contributed by atoms with Gasteiger partial charge in [-0.05, 0) is 38.0 Å². The van der Waals surface area contributed by atoms with Gasteiger partial charge in [0.05, 0.1) is 17.4 Å². The maximum atomic E-state index is 12.2. The van der Waals surface area contributed by atoms with Crippen molar-refractivity contribution in [3.05, 3.63) is 23.0 Å². The van der Waals surface area contributed by atoms with Gasteiger partial charge in [0.15, 0.2) is 0 Å². The number of carbonyl (C=O) groups excluding carboxylic acids is 1. The summed E-state index contributed by atoms with van der Waals surface area (Å²) in [5.74, 6) is -0.158. The van der Waals surface area contributed by atoms with Crippen LogP contribution < -0.4 is 11.1 Å². The summed E-state index contributed by atoms with van der Waals surface area (Å²) in [5.41, 5.74) is 6.52. The van der Waals surface area contributed by atoms with Gasteiger partial charge in [-0.3, -0.25) is 4.79 Å². The average Bonchev–Trinajstić information content (AvgIpc) is 2.42. The van der Waals surface area contributed by atoms with Crippen molar-refractivity contribution < 1.29 is 4.79 Å². The van der Waals surface area contributed by atoms with Gasteiger partial charge in [0, 0.05) is 11.3 Å². The third-order valence-electron chi connectivity index (χ3n) is 3.49. The molecule has 0 aliphatic heterocycles. The third kappa shape index (κ3) is 3.76. The van der Waals surface area contributed by atoms with Gasteiger partial charge in [0.25, 0.3) is 5.91 Å². The zero-order chi connectivity index (χ0) is 13.8. The number of rotatable bonds is 3. The van der Waals surface area contributed by atoms with E-state index >= 15 is 0 Å². The molecule has 0 atom stereocenters. The summed E-state index contributed by atoms with van der Waals surface area (Å²) in [5, 5.41) is 4.05. The number of carbonyl (C=O) groups is 1. The summed E-state index contributed by atoms with van der Waals surface area (Å²) in [4.78, 5) is 16.0. The maximum absolute atomic E-state index is 12.2. The Balaban J connectivity index is 1.96. The number of pyridine rings is 1. The Morgan fingerprint density at radius 2 is 2.16 bits per heavy atom. The Hall–Kier alpha value is -0.940. The molecule has 1 fully saturated rings. The van der Waals surface area contributed by atoms with E-state index in [9.17, 15) is 4.79 Å². The predicted molar refractivity (Wildman–Crippen MR) is 80.7 cm³/mol. The zero-order valence-electron chi connectivity index (χ0n) is 10.9. The SMILES string of the molecule is CSC1CCC(NC(=O)c2cc(Cl)ncc2N)CC1. The summed E-state index contributed by atoms with van der Waals surface area (Å²) >= 11 is 7.70. The second kappa shape index (κ2) is 6.48. The van der Waals surface area contributed by atoms with Crippen LogP contribution in [-0.2, 0) is 0 Å². The lowest BCUT2D eigenvalue weighted by Gasteiger charge is -2.28. The van der Waals surface area contributed by atoms with Crippen LogP contribution in [-0.4, -0.2) is 28.4 Å². The highest BCUT2D eigenvalue weighted by molar-refractivity contribution is 7.99. The monoisotopic (exact) mass is 299 g/mol. The van der Waals surface area contributed by atoms with E-state index in [0.29, 0.717) is 11.3 Å². The summed E-state index contributed by atoms with van der Waals surface area (Å²) in [6.07, 6.45) is 7.91. The van der Waals surface area contributed by atoms with E-state index in [0.717, 1.165) is 30.9 Å². The van der Waals surface area contributed by atoms with E-state index in [4.69, 9.17) is 17.3 Å². The van der Waals surface area contributed by atoms with Crippen LogP contribution in [0.2, 0.25) is 5.15 Å². The molecule has 1 heterocycles. The van der Waals surface area contributed by atoms with Gasteiger partial charge < -0.3 is 11.1 Å². The number of halogens is 1. The molecule has 0 saturated heterocycles. The number of aromatic nitrogens is 1. The highest BCUT2D eigenvalue weighted by atomic mass is 35.5. The average molecular weight is 300 g/mol. The molecule has 1 aromatic rings. The number of hydrogen-bond acceptors (Lipinski definition) is 4. The molecule has 1 aliphatic rings. The lowest BCUT2D eigenvalue weighted by Crippen LogP contribution is -2.38. The summed E-state index contributed by atoms with van der Waals surface area (Å²) in [7, 11) is 0. The van der Waals surface area contributed by atoms with E-state index in [-0.39, 0.29) is 17.1 Å². The molecular formula is C13H18ClN3OS. The standard InChI is InChI=1S/C13H18ClN3OS/c1-19-9-4-2-8(3-5-9)17-13(18)10-6-12(14)16-7-11(10)15/h6-9H,2-5,15H2,1H3,(H,17,18). The fraction of sp³-hybridized carbons (Fsp3) is 0.538. The van der Waals surface area contributed by atoms with Crippen molar-refractivity contribution >= 4 is 35.0 Å². The van der Waals surface area contributed by atoms with Crippen molar-refractivity contribution in [2.75, 3.05) is 12.0 Å². The molecule has 4 nitrogen and oxygen atoms in total. The van der Waals surface area contributed by atoms with Crippen molar-refractivity contribution in [1.82, 2.24) is 10.3 Å². The van der Waals surface area contributed by atoms with Gasteiger partial charge >= 0.3 is 0 Å². The van der Waals surface area contributed by atoms with Crippen LogP contribution in [0.4, 0.5) is 5.69 Å². The van der Waals surface area contributed by atoms with Crippen LogP contribution in [0.15, 0.2) is 12.3 Å². The first kappa shape index (κ1) is 14.5. The first-order valence-corrected chi connectivity index (χ1v) is 8.01. The van der Waals surface area contributed by atoms with Gasteiger partial charge in [0.2, 0.25) is 0 Å². The first-order chi connectivity index (χ1) is 9.10. The van der Waals surface area contributed by atoms with E-state index in [1.54, 1.807) is 0 Å². The fourth-order valence-corrected chi connectivity index (χ4v) is 3.24. The summed E-state index contributed by atoms with van der Waals surface area (Å²) < 4.78 is 0. The van der Waals surface area contributed by atoms with Gasteiger partial charge in [-0.1, -0.05) is 11.6 Å². The number of amides is 1. The second-order valence-electron chi connectivity index (χ2n) is 4.78. The van der Waals surface area contributed by atoms with Crippen molar-refractivity contribution in [2.24, 2.45) is 0 Å². The molecule has 3 N–H and O–H groups in total. The summed E-state index contributed by atoms with van der Waals surface area (Å²) in [6, 6.07) is 1.75. The van der Waals surface area contributed by atoms with Crippen LogP contribution in [0.3, 0.4) is 0 Å². The van der Waals surface area contributed by atoms with E-state index < -0.39 is 0 Å². The molecule has 19 heavy (non-hydrogen) atoms. The number of nitrogens with one attached hydrogen (secondary N) is 1. The smallest absolute Gasteiger partial charge is 0.253 e. The van der Waals surface area contributed by atoms with E-state index in [1.807, 2.05) is 11.8 Å².